The first kappa shape index (κ1) is 20.2. The van der Waals surface area contributed by atoms with Gasteiger partial charge in [-0.15, -0.1) is 0 Å². The van der Waals surface area contributed by atoms with Crippen molar-refractivity contribution in [3.8, 4) is 0 Å². The molecule has 0 unspecified atom stereocenters. The third kappa shape index (κ3) is 4.45. The van der Waals surface area contributed by atoms with Gasteiger partial charge in [0.25, 0.3) is 0 Å². The third-order valence-electron chi connectivity index (χ3n) is 3.74. The number of fused-ring (bicyclic) bond motifs is 1. The molecular formula is C18H12Cl2F3N3O2. The molecule has 0 atom stereocenters. The first-order valence-corrected chi connectivity index (χ1v) is 8.70. The molecule has 146 valence electrons. The van der Waals surface area contributed by atoms with Crippen molar-refractivity contribution in [2.75, 3.05) is 18.5 Å². The highest BCUT2D eigenvalue weighted by Gasteiger charge is 2.31. The van der Waals surface area contributed by atoms with Crippen molar-refractivity contribution in [2.24, 2.45) is 0 Å². The molecule has 0 radical (unpaired) electrons. The second-order valence-corrected chi connectivity index (χ2v) is 6.42. The van der Waals surface area contributed by atoms with Crippen LogP contribution in [0.5, 0.6) is 0 Å². The topological polar surface area (TPSA) is 64.1 Å². The van der Waals surface area contributed by atoms with Crippen LogP contribution in [0, 0.1) is 0 Å². The maximum Gasteiger partial charge on any atom is 0.417 e. The van der Waals surface area contributed by atoms with E-state index in [1.54, 1.807) is 24.4 Å². The number of nitrogens with zero attached hydrogens (tertiary/aromatic N) is 2. The number of nitrogens with one attached hydrogen (secondary N) is 1. The van der Waals surface area contributed by atoms with Crippen LogP contribution in [0.2, 0.25) is 10.0 Å². The van der Waals surface area contributed by atoms with Crippen molar-refractivity contribution in [1.82, 2.24) is 9.97 Å². The van der Waals surface area contributed by atoms with E-state index in [2.05, 4.69) is 15.3 Å². The molecule has 0 spiro atoms. The van der Waals surface area contributed by atoms with E-state index in [4.69, 9.17) is 27.9 Å². The minimum absolute atomic E-state index is 0.0533. The Kier molecular flexibility index (Phi) is 5.90. The number of anilines is 1. The predicted octanol–water partition coefficient (Wildman–Crippen LogP) is 5.22. The standard InChI is InChI=1S/C18H12Cl2F3N3O2/c19-13-4-3-12(11-2-1-5-24-15(11)13)17(27)28-7-6-25-16-14(20)8-10(9-26-16)18(21,22)23/h1-5,8-9H,6-7H2,(H,25,26). The van der Waals surface area contributed by atoms with Crippen molar-refractivity contribution in [3.05, 3.63) is 63.9 Å². The van der Waals surface area contributed by atoms with E-state index >= 15 is 0 Å². The Morgan fingerprint density at radius 3 is 2.64 bits per heavy atom. The van der Waals surface area contributed by atoms with E-state index in [0.717, 1.165) is 6.07 Å². The Morgan fingerprint density at radius 1 is 1.14 bits per heavy atom. The van der Waals surface area contributed by atoms with Gasteiger partial charge in [0, 0.05) is 17.8 Å². The Morgan fingerprint density at radius 2 is 1.93 bits per heavy atom. The molecule has 0 aliphatic carbocycles. The average Bonchev–Trinajstić information content (AvgIpc) is 2.65. The fourth-order valence-corrected chi connectivity index (χ4v) is 2.88. The highest BCUT2D eigenvalue weighted by Crippen LogP contribution is 2.32. The Labute approximate surface area is 167 Å². The molecule has 2 aromatic heterocycles. The number of aromatic nitrogens is 2. The number of alkyl halides is 3. The quantitative estimate of drug-likeness (QED) is 0.444. The zero-order valence-electron chi connectivity index (χ0n) is 14.1. The van der Waals surface area contributed by atoms with Crippen molar-refractivity contribution >= 4 is 45.9 Å². The zero-order chi connectivity index (χ0) is 20.3. The van der Waals surface area contributed by atoms with Gasteiger partial charge in [-0.2, -0.15) is 13.2 Å². The third-order valence-corrected chi connectivity index (χ3v) is 4.33. The summed E-state index contributed by atoms with van der Waals surface area (Å²) in [5, 5.41) is 3.51. The van der Waals surface area contributed by atoms with Gasteiger partial charge >= 0.3 is 12.1 Å². The van der Waals surface area contributed by atoms with Gasteiger partial charge in [0.2, 0.25) is 0 Å². The highest BCUT2D eigenvalue weighted by molar-refractivity contribution is 6.35. The van der Waals surface area contributed by atoms with Gasteiger partial charge in [0.05, 0.1) is 33.2 Å². The Hall–Kier alpha value is -2.58. The number of ether oxygens (including phenoxy) is 1. The van der Waals surface area contributed by atoms with Gasteiger partial charge in [0.1, 0.15) is 12.4 Å². The molecule has 3 aromatic rings. The summed E-state index contributed by atoms with van der Waals surface area (Å²) < 4.78 is 43.0. The maximum absolute atomic E-state index is 12.6. The minimum Gasteiger partial charge on any atom is -0.460 e. The van der Waals surface area contributed by atoms with Crippen LogP contribution < -0.4 is 5.32 Å². The SMILES string of the molecule is O=C(OCCNc1ncc(C(F)(F)F)cc1Cl)c1ccc(Cl)c2ncccc12. The van der Waals surface area contributed by atoms with Crippen LogP contribution in [0.1, 0.15) is 15.9 Å². The fraction of sp³-hybridized carbons (Fsp3) is 0.167. The minimum atomic E-state index is -4.53. The van der Waals surface area contributed by atoms with Gasteiger partial charge in [-0.3, -0.25) is 4.98 Å². The molecule has 1 N–H and O–H groups in total. The molecule has 10 heteroatoms. The molecule has 28 heavy (non-hydrogen) atoms. The summed E-state index contributed by atoms with van der Waals surface area (Å²) in [7, 11) is 0. The summed E-state index contributed by atoms with van der Waals surface area (Å²) in [6.45, 7) is 0.0514. The van der Waals surface area contributed by atoms with Gasteiger partial charge in [-0.05, 0) is 24.3 Å². The summed E-state index contributed by atoms with van der Waals surface area (Å²) in [5.41, 5.74) is -0.159. The van der Waals surface area contributed by atoms with Crippen LogP contribution in [-0.4, -0.2) is 29.1 Å². The summed E-state index contributed by atoms with van der Waals surface area (Å²) in [6.07, 6.45) is -2.29. The Balaban J connectivity index is 1.61. The van der Waals surface area contributed by atoms with E-state index in [0.29, 0.717) is 27.7 Å². The summed E-state index contributed by atoms with van der Waals surface area (Å²) in [4.78, 5) is 20.1. The lowest BCUT2D eigenvalue weighted by Gasteiger charge is -2.11. The number of hydrogen-bond acceptors (Lipinski definition) is 5. The van der Waals surface area contributed by atoms with Crippen LogP contribution in [0.3, 0.4) is 0 Å². The first-order chi connectivity index (χ1) is 13.3. The number of carbonyl (C=O) groups excluding carboxylic acids is 1. The first-order valence-electron chi connectivity index (χ1n) is 7.94. The Bertz CT molecular complexity index is 1030. The van der Waals surface area contributed by atoms with Crippen molar-refractivity contribution in [3.63, 3.8) is 0 Å². The van der Waals surface area contributed by atoms with E-state index in [1.807, 2.05) is 0 Å². The van der Waals surface area contributed by atoms with Crippen LogP contribution in [0.25, 0.3) is 10.9 Å². The monoisotopic (exact) mass is 429 g/mol. The van der Waals surface area contributed by atoms with E-state index in [1.165, 1.54) is 6.07 Å². The summed E-state index contributed by atoms with van der Waals surface area (Å²) in [6, 6.07) is 7.24. The number of rotatable bonds is 5. The molecule has 0 fully saturated rings. The number of halogens is 5. The summed E-state index contributed by atoms with van der Waals surface area (Å²) >= 11 is 11.9. The van der Waals surface area contributed by atoms with E-state index in [-0.39, 0.29) is 24.0 Å². The maximum atomic E-state index is 12.6. The van der Waals surface area contributed by atoms with Crippen LogP contribution in [-0.2, 0) is 10.9 Å². The van der Waals surface area contributed by atoms with E-state index < -0.39 is 17.7 Å². The highest BCUT2D eigenvalue weighted by atomic mass is 35.5. The zero-order valence-corrected chi connectivity index (χ0v) is 15.6. The van der Waals surface area contributed by atoms with Crippen LogP contribution >= 0.6 is 23.2 Å². The van der Waals surface area contributed by atoms with Crippen LogP contribution in [0.4, 0.5) is 19.0 Å². The molecule has 0 bridgehead atoms. The number of benzene rings is 1. The number of hydrogen-bond donors (Lipinski definition) is 1. The molecule has 0 amide bonds. The molecule has 0 saturated heterocycles. The molecule has 0 aliphatic heterocycles. The van der Waals surface area contributed by atoms with Gasteiger partial charge in [-0.1, -0.05) is 29.3 Å². The lowest BCUT2D eigenvalue weighted by atomic mass is 10.1. The normalized spacial score (nSPS) is 11.5. The number of pyridine rings is 2. The lowest BCUT2D eigenvalue weighted by molar-refractivity contribution is -0.137. The smallest absolute Gasteiger partial charge is 0.417 e. The second-order valence-electron chi connectivity index (χ2n) is 5.61. The van der Waals surface area contributed by atoms with Crippen molar-refractivity contribution in [1.29, 1.82) is 0 Å². The number of esters is 1. The summed E-state index contributed by atoms with van der Waals surface area (Å²) in [5.74, 6) is -0.519. The molecule has 0 saturated carbocycles. The number of carbonyl (C=O) groups is 1. The molecule has 3 rings (SSSR count). The molecule has 2 heterocycles. The van der Waals surface area contributed by atoms with Gasteiger partial charge in [-0.25, -0.2) is 9.78 Å². The molecule has 5 nitrogen and oxygen atoms in total. The predicted molar refractivity (Wildman–Crippen MR) is 99.8 cm³/mol. The molecular weight excluding hydrogens is 418 g/mol. The van der Waals surface area contributed by atoms with Crippen LogP contribution in [0.15, 0.2) is 42.7 Å². The van der Waals surface area contributed by atoms with E-state index in [9.17, 15) is 18.0 Å². The van der Waals surface area contributed by atoms with Crippen molar-refractivity contribution in [2.45, 2.75) is 6.18 Å². The molecule has 1 aromatic carbocycles. The molecule has 0 aliphatic rings. The average molecular weight is 430 g/mol. The van der Waals surface area contributed by atoms with Gasteiger partial charge < -0.3 is 10.1 Å². The lowest BCUT2D eigenvalue weighted by Crippen LogP contribution is -2.15. The van der Waals surface area contributed by atoms with Crippen molar-refractivity contribution < 1.29 is 22.7 Å². The van der Waals surface area contributed by atoms with Gasteiger partial charge in [0.15, 0.2) is 0 Å². The fourth-order valence-electron chi connectivity index (χ4n) is 2.43. The largest absolute Gasteiger partial charge is 0.460 e. The second kappa shape index (κ2) is 8.20.